The third-order valence-corrected chi connectivity index (χ3v) is 3.94. The van der Waals surface area contributed by atoms with Crippen molar-refractivity contribution in [2.75, 3.05) is 13.7 Å². The number of carbonyl (C=O) groups excluding carboxylic acids is 2. The molecule has 0 saturated carbocycles. The number of rotatable bonds is 5. The molecule has 1 heterocycles. The lowest BCUT2D eigenvalue weighted by Gasteiger charge is -2.33. The number of ether oxygens (including phenoxy) is 1. The molecule has 1 atom stereocenters. The number of carbonyl (C=O) groups is 2. The second kappa shape index (κ2) is 7.33. The van der Waals surface area contributed by atoms with Crippen molar-refractivity contribution in [3.8, 4) is 0 Å². The van der Waals surface area contributed by atoms with Crippen LogP contribution < -0.4 is 5.32 Å². The second-order valence-corrected chi connectivity index (χ2v) is 6.29. The molecule has 8 nitrogen and oxygen atoms in total. The van der Waals surface area contributed by atoms with Crippen LogP contribution in [0.25, 0.3) is 0 Å². The monoisotopic (exact) mass is 347 g/mol. The van der Waals surface area contributed by atoms with E-state index in [1.54, 1.807) is 20.0 Å². The summed E-state index contributed by atoms with van der Waals surface area (Å²) in [4.78, 5) is 36.5. The molecular formula is C17H21N3O5. The van der Waals surface area contributed by atoms with Crippen LogP contribution in [0.15, 0.2) is 35.5 Å². The molecule has 0 saturated heterocycles. The number of esters is 1. The highest BCUT2D eigenvalue weighted by atomic mass is 16.6. The van der Waals surface area contributed by atoms with Gasteiger partial charge < -0.3 is 15.0 Å². The van der Waals surface area contributed by atoms with Crippen molar-refractivity contribution in [2.45, 2.75) is 26.8 Å². The highest BCUT2D eigenvalue weighted by Gasteiger charge is 2.35. The van der Waals surface area contributed by atoms with E-state index in [-0.39, 0.29) is 23.8 Å². The van der Waals surface area contributed by atoms with Crippen LogP contribution >= 0.6 is 0 Å². The van der Waals surface area contributed by atoms with Crippen LogP contribution in [0.3, 0.4) is 0 Å². The van der Waals surface area contributed by atoms with Crippen molar-refractivity contribution in [3.05, 3.63) is 51.2 Å². The molecule has 134 valence electrons. The number of urea groups is 1. The molecule has 1 aromatic carbocycles. The van der Waals surface area contributed by atoms with E-state index in [4.69, 9.17) is 4.74 Å². The van der Waals surface area contributed by atoms with Gasteiger partial charge in [0.15, 0.2) is 0 Å². The number of nitrogens with zero attached hydrogens (tertiary/aromatic N) is 2. The van der Waals surface area contributed by atoms with Gasteiger partial charge in [-0.15, -0.1) is 0 Å². The number of nitro groups is 1. The van der Waals surface area contributed by atoms with E-state index in [1.807, 2.05) is 13.8 Å². The maximum absolute atomic E-state index is 12.6. The predicted octanol–water partition coefficient (Wildman–Crippen LogP) is 2.76. The average molecular weight is 347 g/mol. The number of hydrogen-bond acceptors (Lipinski definition) is 5. The van der Waals surface area contributed by atoms with Crippen LogP contribution in [0.1, 0.15) is 32.4 Å². The molecule has 1 aliphatic heterocycles. The Bertz CT molecular complexity index is 742. The number of hydrogen-bond donors (Lipinski definition) is 1. The topological polar surface area (TPSA) is 102 Å². The molecule has 0 fully saturated rings. The van der Waals surface area contributed by atoms with Gasteiger partial charge >= 0.3 is 12.0 Å². The second-order valence-electron chi connectivity index (χ2n) is 6.29. The van der Waals surface area contributed by atoms with Crippen LogP contribution in [-0.4, -0.2) is 35.5 Å². The molecule has 0 aliphatic carbocycles. The number of nitro benzene ring substituents is 1. The first-order valence-corrected chi connectivity index (χ1v) is 7.88. The summed E-state index contributed by atoms with van der Waals surface area (Å²) in [6.07, 6.45) is 0. The van der Waals surface area contributed by atoms with Gasteiger partial charge in [-0.05, 0) is 18.4 Å². The number of allylic oxidation sites excluding steroid dienone is 1. The van der Waals surface area contributed by atoms with Gasteiger partial charge in [-0.25, -0.2) is 9.59 Å². The van der Waals surface area contributed by atoms with Crippen LogP contribution in [-0.2, 0) is 9.53 Å². The zero-order valence-electron chi connectivity index (χ0n) is 14.6. The fourth-order valence-corrected chi connectivity index (χ4v) is 2.49. The van der Waals surface area contributed by atoms with E-state index in [2.05, 4.69) is 5.32 Å². The van der Waals surface area contributed by atoms with Crippen molar-refractivity contribution in [1.82, 2.24) is 10.2 Å². The maximum Gasteiger partial charge on any atom is 0.338 e. The van der Waals surface area contributed by atoms with Gasteiger partial charge in [0.1, 0.15) is 0 Å². The van der Waals surface area contributed by atoms with E-state index in [1.165, 1.54) is 23.1 Å². The molecule has 1 aromatic rings. The van der Waals surface area contributed by atoms with Crippen LogP contribution in [0, 0.1) is 16.0 Å². The van der Waals surface area contributed by atoms with E-state index >= 15 is 0 Å². The lowest BCUT2D eigenvalue weighted by atomic mass is 9.94. The molecule has 2 amide bonds. The Morgan fingerprint density at radius 2 is 2.12 bits per heavy atom. The lowest BCUT2D eigenvalue weighted by Crippen LogP contribution is -2.46. The Hall–Kier alpha value is -2.90. The summed E-state index contributed by atoms with van der Waals surface area (Å²) in [5.41, 5.74) is 1.06. The molecule has 1 aliphatic rings. The van der Waals surface area contributed by atoms with Gasteiger partial charge in [0.05, 0.1) is 23.1 Å². The molecule has 2 rings (SSSR count). The summed E-state index contributed by atoms with van der Waals surface area (Å²) >= 11 is 0. The molecule has 0 unspecified atom stereocenters. The number of nitrogens with one attached hydrogen (secondary N) is 1. The fourth-order valence-electron chi connectivity index (χ4n) is 2.49. The Kier molecular flexibility index (Phi) is 5.41. The zero-order valence-corrected chi connectivity index (χ0v) is 14.6. The van der Waals surface area contributed by atoms with Crippen molar-refractivity contribution in [1.29, 1.82) is 0 Å². The number of benzene rings is 1. The molecular weight excluding hydrogens is 326 g/mol. The molecule has 0 spiro atoms. The molecule has 25 heavy (non-hydrogen) atoms. The minimum atomic E-state index is -0.803. The standard InChI is InChI=1S/C17H21N3O5/c1-10(2)9-25-16(21)14-11(3)19(4)17(22)18-15(14)12-6-5-7-13(8-12)20(23)24/h5-8,10,15H,9H2,1-4H3,(H,18,22)/t15-/m0/s1. The normalized spacial score (nSPS) is 17.6. The van der Waals surface area contributed by atoms with E-state index in [0.29, 0.717) is 11.3 Å². The van der Waals surface area contributed by atoms with Crippen molar-refractivity contribution in [3.63, 3.8) is 0 Å². The number of amides is 2. The van der Waals surface area contributed by atoms with Gasteiger partial charge in [-0.3, -0.25) is 10.1 Å². The maximum atomic E-state index is 12.6. The number of non-ortho nitro benzene ring substituents is 1. The first kappa shape index (κ1) is 18.4. The summed E-state index contributed by atoms with van der Waals surface area (Å²) in [7, 11) is 1.55. The van der Waals surface area contributed by atoms with Crippen molar-refractivity contribution < 1.29 is 19.2 Å². The minimum Gasteiger partial charge on any atom is -0.462 e. The summed E-state index contributed by atoms with van der Waals surface area (Å²) in [6, 6.07) is 4.65. The smallest absolute Gasteiger partial charge is 0.338 e. The van der Waals surface area contributed by atoms with Crippen LogP contribution in [0.4, 0.5) is 10.5 Å². The Morgan fingerprint density at radius 3 is 2.72 bits per heavy atom. The van der Waals surface area contributed by atoms with Crippen molar-refractivity contribution in [2.24, 2.45) is 5.92 Å². The average Bonchev–Trinajstić information content (AvgIpc) is 2.57. The third kappa shape index (κ3) is 3.96. The third-order valence-electron chi connectivity index (χ3n) is 3.94. The molecule has 1 N–H and O–H groups in total. The molecule has 0 radical (unpaired) electrons. The first-order valence-electron chi connectivity index (χ1n) is 7.88. The minimum absolute atomic E-state index is 0.113. The van der Waals surface area contributed by atoms with Gasteiger partial charge in [0, 0.05) is 24.9 Å². The summed E-state index contributed by atoms with van der Waals surface area (Å²) in [6.45, 7) is 5.73. The van der Waals surface area contributed by atoms with E-state index < -0.39 is 23.0 Å². The zero-order chi connectivity index (χ0) is 18.7. The van der Waals surface area contributed by atoms with E-state index in [0.717, 1.165) is 0 Å². The van der Waals surface area contributed by atoms with Crippen LogP contribution in [0.2, 0.25) is 0 Å². The molecule has 8 heteroatoms. The first-order chi connectivity index (χ1) is 11.7. The van der Waals surface area contributed by atoms with Gasteiger partial charge in [0.25, 0.3) is 5.69 Å². The summed E-state index contributed by atoms with van der Waals surface area (Å²) in [5.74, 6) is -0.383. The summed E-state index contributed by atoms with van der Waals surface area (Å²) in [5, 5.41) is 13.7. The molecule has 0 bridgehead atoms. The Morgan fingerprint density at radius 1 is 1.44 bits per heavy atom. The van der Waals surface area contributed by atoms with Gasteiger partial charge in [-0.2, -0.15) is 0 Å². The van der Waals surface area contributed by atoms with Gasteiger partial charge in [-0.1, -0.05) is 26.0 Å². The van der Waals surface area contributed by atoms with Crippen molar-refractivity contribution >= 4 is 17.7 Å². The fraction of sp³-hybridized carbons (Fsp3) is 0.412. The Balaban J connectivity index is 2.46. The van der Waals surface area contributed by atoms with Gasteiger partial charge in [0.2, 0.25) is 0 Å². The highest BCUT2D eigenvalue weighted by Crippen LogP contribution is 2.32. The SMILES string of the molecule is CC1=C(C(=O)OCC(C)C)[C@H](c2cccc([N+](=O)[O-])c2)NC(=O)N1C. The highest BCUT2D eigenvalue weighted by molar-refractivity contribution is 5.95. The summed E-state index contributed by atoms with van der Waals surface area (Å²) < 4.78 is 5.32. The quantitative estimate of drug-likeness (QED) is 0.501. The van der Waals surface area contributed by atoms with E-state index in [9.17, 15) is 19.7 Å². The predicted molar refractivity (Wildman–Crippen MR) is 90.6 cm³/mol. The Labute approximate surface area is 145 Å². The lowest BCUT2D eigenvalue weighted by molar-refractivity contribution is -0.384. The van der Waals surface area contributed by atoms with Crippen LogP contribution in [0.5, 0.6) is 0 Å². The molecule has 0 aromatic heterocycles. The largest absolute Gasteiger partial charge is 0.462 e.